The van der Waals surface area contributed by atoms with Crippen LogP contribution in [0.25, 0.3) is 0 Å². The third-order valence-corrected chi connectivity index (χ3v) is 4.07. The van der Waals surface area contributed by atoms with Gasteiger partial charge in [-0.05, 0) is 30.9 Å². The molecule has 1 heterocycles. The topological polar surface area (TPSA) is 103 Å². The van der Waals surface area contributed by atoms with Crippen molar-refractivity contribution in [3.05, 3.63) is 51.9 Å². The molecule has 1 aliphatic carbocycles. The van der Waals surface area contributed by atoms with E-state index in [2.05, 4.69) is 15.4 Å². The largest absolute Gasteiger partial charge is 0.369 e. The molecule has 1 atom stereocenters. The van der Waals surface area contributed by atoms with Crippen molar-refractivity contribution in [3.63, 3.8) is 0 Å². The van der Waals surface area contributed by atoms with E-state index in [0.717, 1.165) is 39.7 Å². The lowest BCUT2D eigenvalue weighted by molar-refractivity contribution is 0.369. The molecule has 8 heteroatoms. The minimum absolute atomic E-state index is 0. The van der Waals surface area contributed by atoms with Gasteiger partial charge in [-0.2, -0.15) is 5.10 Å². The molecule has 2 aromatic rings. The van der Waals surface area contributed by atoms with Crippen molar-refractivity contribution in [2.24, 2.45) is 21.7 Å². The molecule has 1 aromatic carbocycles. The molecule has 1 unspecified atom stereocenters. The maximum absolute atomic E-state index is 6.31. The number of halogens is 2. The first-order valence-electron chi connectivity index (χ1n) is 6.91. The second kappa shape index (κ2) is 7.02. The summed E-state index contributed by atoms with van der Waals surface area (Å²) < 4.78 is 5.43. The van der Waals surface area contributed by atoms with Crippen LogP contribution in [0.15, 0.2) is 39.0 Å². The van der Waals surface area contributed by atoms with Gasteiger partial charge in [0, 0.05) is 11.4 Å². The first-order valence-corrected chi connectivity index (χ1v) is 7.29. The Morgan fingerprint density at radius 1 is 1.30 bits per heavy atom. The lowest BCUT2D eigenvalue weighted by Gasteiger charge is -2.23. The molecular weight excluding hydrogens is 337 g/mol. The second-order valence-corrected chi connectivity index (χ2v) is 5.67. The van der Waals surface area contributed by atoms with Gasteiger partial charge in [0.25, 0.3) is 0 Å². The summed E-state index contributed by atoms with van der Waals surface area (Å²) in [4.78, 5) is 0. The summed E-state index contributed by atoms with van der Waals surface area (Å²) in [6, 6.07) is 7.77. The van der Waals surface area contributed by atoms with E-state index in [9.17, 15) is 0 Å². The molecule has 1 aliphatic rings. The Balaban J connectivity index is 0.00000192. The molecule has 4 N–H and O–H groups in total. The van der Waals surface area contributed by atoms with Crippen molar-refractivity contribution in [2.45, 2.75) is 25.7 Å². The number of nitrogens with zero attached hydrogens (tertiary/aromatic N) is 3. The predicted molar refractivity (Wildman–Crippen MR) is 93.3 cm³/mol. The fraction of sp³-hybridized carbons (Fsp3) is 0.267. The van der Waals surface area contributed by atoms with Crippen molar-refractivity contribution < 1.29 is 4.52 Å². The molecule has 0 fully saturated rings. The van der Waals surface area contributed by atoms with E-state index in [0.29, 0.717) is 6.42 Å². The lowest BCUT2D eigenvalue weighted by Crippen LogP contribution is -2.23. The van der Waals surface area contributed by atoms with Crippen LogP contribution in [0.1, 0.15) is 34.9 Å². The van der Waals surface area contributed by atoms with Gasteiger partial charge in [0.1, 0.15) is 5.76 Å². The monoisotopic (exact) mass is 353 g/mol. The lowest BCUT2D eigenvalue weighted by atomic mass is 9.81. The Kier molecular flexibility index (Phi) is 5.28. The number of hydrogen-bond donors (Lipinski definition) is 2. The van der Waals surface area contributed by atoms with Gasteiger partial charge in [-0.15, -0.1) is 17.5 Å². The minimum atomic E-state index is -0.0805. The molecule has 0 saturated heterocycles. The van der Waals surface area contributed by atoms with Gasteiger partial charge in [-0.25, -0.2) is 0 Å². The Hall–Kier alpha value is -2.05. The molecular formula is C15H17Cl2N5O. The Labute approximate surface area is 145 Å². The number of nitrogens with two attached hydrogens (primary N) is 2. The van der Waals surface area contributed by atoms with Crippen LogP contribution in [0, 0.1) is 6.92 Å². The fourth-order valence-corrected chi connectivity index (χ4v) is 3.08. The van der Waals surface area contributed by atoms with Crippen molar-refractivity contribution in [3.8, 4) is 0 Å². The van der Waals surface area contributed by atoms with Crippen molar-refractivity contribution in [2.75, 3.05) is 0 Å². The number of guanidine groups is 1. The third-order valence-electron chi connectivity index (χ3n) is 3.72. The molecule has 0 spiro atoms. The van der Waals surface area contributed by atoms with E-state index in [-0.39, 0.29) is 24.3 Å². The highest BCUT2D eigenvalue weighted by atomic mass is 35.5. The first-order chi connectivity index (χ1) is 10.6. The number of fused-ring (bicyclic) bond motifs is 1. The van der Waals surface area contributed by atoms with Gasteiger partial charge in [-0.1, -0.05) is 35.0 Å². The van der Waals surface area contributed by atoms with Gasteiger partial charge >= 0.3 is 0 Å². The number of benzene rings is 1. The highest BCUT2D eigenvalue weighted by molar-refractivity contribution is 6.31. The predicted octanol–water partition coefficient (Wildman–Crippen LogP) is 2.77. The minimum Gasteiger partial charge on any atom is -0.369 e. The third kappa shape index (κ3) is 3.48. The van der Waals surface area contributed by atoms with Crippen LogP contribution in [-0.2, 0) is 6.42 Å². The number of rotatable bonds is 2. The maximum atomic E-state index is 6.31. The number of aromatic nitrogens is 1. The molecule has 0 radical (unpaired) electrons. The highest BCUT2D eigenvalue weighted by Crippen LogP contribution is 2.37. The molecule has 23 heavy (non-hydrogen) atoms. The Morgan fingerprint density at radius 3 is 2.74 bits per heavy atom. The first kappa shape index (κ1) is 17.3. The summed E-state index contributed by atoms with van der Waals surface area (Å²) in [6.45, 7) is 1.88. The van der Waals surface area contributed by atoms with Crippen molar-refractivity contribution in [1.29, 1.82) is 0 Å². The van der Waals surface area contributed by atoms with E-state index in [4.69, 9.17) is 27.6 Å². The second-order valence-electron chi connectivity index (χ2n) is 5.26. The van der Waals surface area contributed by atoms with Gasteiger partial charge in [0.2, 0.25) is 5.96 Å². The highest BCUT2D eigenvalue weighted by Gasteiger charge is 2.31. The smallest absolute Gasteiger partial charge is 0.211 e. The molecule has 3 rings (SSSR count). The SMILES string of the molecule is Cc1noc2c1/C(=N\N=C(N)N)CC(c1ccccc1Cl)C2.Cl. The molecule has 6 nitrogen and oxygen atoms in total. The average Bonchev–Trinajstić information content (AvgIpc) is 2.87. The molecule has 0 amide bonds. The molecule has 1 aromatic heterocycles. The van der Waals surface area contributed by atoms with E-state index in [1.807, 2.05) is 31.2 Å². The number of hydrogen-bond acceptors (Lipinski definition) is 4. The van der Waals surface area contributed by atoms with E-state index in [1.54, 1.807) is 0 Å². The summed E-state index contributed by atoms with van der Waals surface area (Å²) in [5, 5.41) is 12.7. The summed E-state index contributed by atoms with van der Waals surface area (Å²) in [7, 11) is 0. The summed E-state index contributed by atoms with van der Waals surface area (Å²) >= 11 is 6.31. The molecule has 0 aliphatic heterocycles. The average molecular weight is 354 g/mol. The maximum Gasteiger partial charge on any atom is 0.211 e. The summed E-state index contributed by atoms with van der Waals surface area (Å²) in [5.41, 5.74) is 14.3. The summed E-state index contributed by atoms with van der Waals surface area (Å²) in [5.74, 6) is 0.864. The standard InChI is InChI=1S/C15H16ClN5O.ClH/c1-8-14-12(19-20-15(17)18)6-9(7-13(14)22-21-8)10-4-2-3-5-11(10)16;/h2-5,9H,6-7H2,1H3,(H4,17,18,20);1H/b19-12-;. The fourth-order valence-electron chi connectivity index (χ4n) is 2.79. The van der Waals surface area contributed by atoms with E-state index < -0.39 is 0 Å². The van der Waals surface area contributed by atoms with E-state index >= 15 is 0 Å². The van der Waals surface area contributed by atoms with Gasteiger partial charge in [0.15, 0.2) is 0 Å². The van der Waals surface area contributed by atoms with Crippen LogP contribution in [0.3, 0.4) is 0 Å². The Morgan fingerprint density at radius 2 is 2.04 bits per heavy atom. The zero-order valence-electron chi connectivity index (χ0n) is 12.5. The molecule has 0 saturated carbocycles. The molecule has 0 bridgehead atoms. The van der Waals surface area contributed by atoms with Crippen LogP contribution in [0.5, 0.6) is 0 Å². The zero-order valence-corrected chi connectivity index (χ0v) is 14.1. The summed E-state index contributed by atoms with van der Waals surface area (Å²) in [6.07, 6.45) is 1.40. The van der Waals surface area contributed by atoms with Gasteiger partial charge < -0.3 is 16.0 Å². The quantitative estimate of drug-likeness (QED) is 0.492. The zero-order chi connectivity index (χ0) is 15.7. The van der Waals surface area contributed by atoms with Gasteiger partial charge in [-0.3, -0.25) is 0 Å². The van der Waals surface area contributed by atoms with Crippen LogP contribution in [0.2, 0.25) is 5.02 Å². The van der Waals surface area contributed by atoms with Crippen LogP contribution in [0.4, 0.5) is 0 Å². The van der Waals surface area contributed by atoms with Crippen LogP contribution in [-0.4, -0.2) is 16.8 Å². The van der Waals surface area contributed by atoms with Crippen molar-refractivity contribution >= 4 is 35.7 Å². The number of aryl methyl sites for hydroxylation is 1. The normalized spacial score (nSPS) is 18.2. The van der Waals surface area contributed by atoms with Gasteiger partial charge in [0.05, 0.1) is 17.0 Å². The van der Waals surface area contributed by atoms with Crippen LogP contribution >= 0.6 is 24.0 Å². The van der Waals surface area contributed by atoms with Crippen molar-refractivity contribution in [1.82, 2.24) is 5.16 Å². The van der Waals surface area contributed by atoms with Crippen LogP contribution < -0.4 is 11.5 Å². The van der Waals surface area contributed by atoms with E-state index in [1.165, 1.54) is 0 Å². The molecule has 122 valence electrons. The Bertz CT molecular complexity index is 765.